The van der Waals surface area contributed by atoms with Gasteiger partial charge in [0.2, 0.25) is 10.0 Å². The second kappa shape index (κ2) is 7.22. The molecule has 0 atom stereocenters. The number of aromatic nitrogens is 2. The van der Waals surface area contributed by atoms with Gasteiger partial charge in [-0.1, -0.05) is 12.1 Å². The highest BCUT2D eigenvalue weighted by molar-refractivity contribution is 7.88. The van der Waals surface area contributed by atoms with Gasteiger partial charge in [-0.2, -0.15) is 5.10 Å². The van der Waals surface area contributed by atoms with Gasteiger partial charge in [-0.15, -0.1) is 0 Å². The number of aromatic carboxylic acids is 1. The van der Waals surface area contributed by atoms with Gasteiger partial charge in [0.25, 0.3) is 0 Å². The maximum atomic E-state index is 11.7. The number of phenolic OH excluding ortho intramolecular Hbond substituents is 1. The average Bonchev–Trinajstić information content (AvgIpc) is 3.08. The molecule has 0 aliphatic rings. The third-order valence-electron chi connectivity index (χ3n) is 3.94. The van der Waals surface area contributed by atoms with Crippen LogP contribution >= 0.6 is 0 Å². The van der Waals surface area contributed by atoms with Crippen LogP contribution in [0.2, 0.25) is 0 Å². The maximum Gasteiger partial charge on any atom is 0.356 e. The molecular weight excluding hydrogens is 370 g/mol. The highest BCUT2D eigenvalue weighted by Gasteiger charge is 2.16. The minimum Gasteiger partial charge on any atom is -0.508 e. The van der Waals surface area contributed by atoms with Crippen molar-refractivity contribution in [2.75, 3.05) is 7.05 Å². The lowest BCUT2D eigenvalue weighted by Gasteiger charge is -2.09. The molecule has 0 aliphatic carbocycles. The summed E-state index contributed by atoms with van der Waals surface area (Å²) in [5, 5.41) is 22.8. The summed E-state index contributed by atoms with van der Waals surface area (Å²) in [7, 11) is -2.03. The predicted octanol–water partition coefficient (Wildman–Crippen LogP) is 1.99. The van der Waals surface area contributed by atoms with Crippen LogP contribution in [0.4, 0.5) is 0 Å². The summed E-state index contributed by atoms with van der Waals surface area (Å²) in [6.07, 6.45) is 0. The molecule has 0 amide bonds. The van der Waals surface area contributed by atoms with E-state index in [0.717, 1.165) is 0 Å². The first-order valence-corrected chi connectivity index (χ1v) is 9.57. The van der Waals surface area contributed by atoms with E-state index >= 15 is 0 Å². The quantitative estimate of drug-likeness (QED) is 0.595. The van der Waals surface area contributed by atoms with Gasteiger partial charge >= 0.3 is 5.97 Å². The van der Waals surface area contributed by atoms with Crippen LogP contribution in [-0.2, 0) is 15.8 Å². The number of carboxylic acid groups (broad SMARTS) is 1. The molecule has 3 rings (SSSR count). The number of rotatable bonds is 6. The topological polar surface area (TPSA) is 122 Å². The van der Waals surface area contributed by atoms with Crippen molar-refractivity contribution in [2.24, 2.45) is 0 Å². The number of hydrogen-bond donors (Lipinski definition) is 3. The van der Waals surface area contributed by atoms with Crippen molar-refractivity contribution in [1.82, 2.24) is 14.5 Å². The molecule has 1 heterocycles. The highest BCUT2D eigenvalue weighted by atomic mass is 32.2. The van der Waals surface area contributed by atoms with E-state index in [2.05, 4.69) is 9.82 Å². The van der Waals surface area contributed by atoms with Crippen molar-refractivity contribution < 1.29 is 23.4 Å². The molecule has 3 N–H and O–H groups in total. The Balaban J connectivity index is 2.03. The van der Waals surface area contributed by atoms with E-state index in [1.807, 2.05) is 0 Å². The zero-order valence-corrected chi connectivity index (χ0v) is 15.1. The largest absolute Gasteiger partial charge is 0.508 e. The number of carbonyl (C=O) groups is 1. The first-order chi connectivity index (χ1) is 12.8. The number of phenols is 1. The molecule has 3 aromatic rings. The van der Waals surface area contributed by atoms with E-state index < -0.39 is 16.0 Å². The minimum absolute atomic E-state index is 0.0957. The molecular formula is C18H17N3O5S. The van der Waals surface area contributed by atoms with Crippen molar-refractivity contribution in [3.63, 3.8) is 0 Å². The van der Waals surface area contributed by atoms with Crippen LogP contribution in [-0.4, -0.2) is 41.4 Å². The molecule has 0 aliphatic heterocycles. The Bertz CT molecular complexity index is 1070. The number of carboxylic acids is 1. The lowest BCUT2D eigenvalue weighted by atomic mass is 10.1. The molecule has 0 fully saturated rings. The van der Waals surface area contributed by atoms with Gasteiger partial charge in [0, 0.05) is 5.56 Å². The number of nitrogens with zero attached hydrogens (tertiary/aromatic N) is 2. The zero-order chi connectivity index (χ0) is 19.6. The molecule has 1 aromatic heterocycles. The molecule has 2 aromatic carbocycles. The fraction of sp³-hybridized carbons (Fsp3) is 0.111. The molecule has 8 nitrogen and oxygen atoms in total. The van der Waals surface area contributed by atoms with Crippen LogP contribution in [0.3, 0.4) is 0 Å². The van der Waals surface area contributed by atoms with Crippen LogP contribution in [0.5, 0.6) is 5.75 Å². The molecule has 0 radical (unpaired) electrons. The van der Waals surface area contributed by atoms with Crippen molar-refractivity contribution in [3.8, 4) is 22.7 Å². The second-order valence-corrected chi connectivity index (χ2v) is 7.73. The Labute approximate surface area is 155 Å². The van der Waals surface area contributed by atoms with Crippen molar-refractivity contribution in [1.29, 1.82) is 0 Å². The van der Waals surface area contributed by atoms with Crippen molar-refractivity contribution in [3.05, 3.63) is 65.9 Å². The Morgan fingerprint density at radius 1 is 1.11 bits per heavy atom. The smallest absolute Gasteiger partial charge is 0.356 e. The van der Waals surface area contributed by atoms with E-state index in [4.69, 9.17) is 0 Å². The fourth-order valence-corrected chi connectivity index (χ4v) is 3.32. The summed E-state index contributed by atoms with van der Waals surface area (Å²) >= 11 is 0. The van der Waals surface area contributed by atoms with Gasteiger partial charge in [0.1, 0.15) is 5.75 Å². The molecule has 0 saturated heterocycles. The number of nitrogens with one attached hydrogen (secondary N) is 1. The van der Waals surface area contributed by atoms with Crippen molar-refractivity contribution in [2.45, 2.75) is 5.75 Å². The summed E-state index contributed by atoms with van der Waals surface area (Å²) in [6, 6.07) is 14.4. The molecule has 0 bridgehead atoms. The van der Waals surface area contributed by atoms with Gasteiger partial charge < -0.3 is 10.2 Å². The third kappa shape index (κ3) is 4.15. The maximum absolute atomic E-state index is 11.7. The van der Waals surface area contributed by atoms with Gasteiger partial charge in [-0.05, 0) is 55.1 Å². The SMILES string of the molecule is CNS(=O)(=O)Cc1ccc(-n2nc(C(=O)O)cc2-c2ccc(O)cc2)cc1. The molecule has 0 saturated carbocycles. The summed E-state index contributed by atoms with van der Waals surface area (Å²) in [5.74, 6) is -1.22. The van der Waals surface area contributed by atoms with Crippen LogP contribution in [0.15, 0.2) is 54.6 Å². The number of hydrogen-bond acceptors (Lipinski definition) is 5. The fourth-order valence-electron chi connectivity index (χ4n) is 2.55. The van der Waals surface area contributed by atoms with Crippen LogP contribution in [0.25, 0.3) is 16.9 Å². The van der Waals surface area contributed by atoms with Gasteiger partial charge in [0.05, 0.1) is 17.1 Å². The van der Waals surface area contributed by atoms with Crippen LogP contribution < -0.4 is 4.72 Å². The molecule has 9 heteroatoms. The first-order valence-electron chi connectivity index (χ1n) is 7.92. The second-order valence-electron chi connectivity index (χ2n) is 5.81. The van der Waals surface area contributed by atoms with Crippen molar-refractivity contribution >= 4 is 16.0 Å². The normalized spacial score (nSPS) is 11.4. The summed E-state index contributed by atoms with van der Waals surface area (Å²) < 4.78 is 27.0. The third-order valence-corrected chi connectivity index (χ3v) is 5.28. The Kier molecular flexibility index (Phi) is 4.98. The minimum atomic E-state index is -3.39. The highest BCUT2D eigenvalue weighted by Crippen LogP contribution is 2.26. The standard InChI is InChI=1S/C18H17N3O5S/c1-19-27(25,26)11-12-2-6-14(7-3-12)21-17(10-16(20-21)18(23)24)13-4-8-15(22)9-5-13/h2-10,19,22H,11H2,1H3,(H,23,24). The Morgan fingerprint density at radius 3 is 2.30 bits per heavy atom. The van der Waals surface area contributed by atoms with Crippen LogP contribution in [0.1, 0.15) is 16.1 Å². The van der Waals surface area contributed by atoms with E-state index in [9.17, 15) is 23.4 Å². The Morgan fingerprint density at radius 2 is 1.74 bits per heavy atom. The Hall–Kier alpha value is -3.17. The summed E-state index contributed by atoms with van der Waals surface area (Å²) in [5.41, 5.74) is 2.25. The molecule has 140 valence electrons. The van der Waals surface area contributed by atoms with E-state index in [0.29, 0.717) is 22.5 Å². The molecule has 27 heavy (non-hydrogen) atoms. The lowest BCUT2D eigenvalue weighted by molar-refractivity contribution is 0.0690. The number of benzene rings is 2. The average molecular weight is 387 g/mol. The molecule has 0 unspecified atom stereocenters. The lowest BCUT2D eigenvalue weighted by Crippen LogP contribution is -2.20. The van der Waals surface area contributed by atoms with Gasteiger partial charge in [-0.3, -0.25) is 0 Å². The zero-order valence-electron chi connectivity index (χ0n) is 14.3. The number of aromatic hydroxyl groups is 1. The van der Waals surface area contributed by atoms with Gasteiger partial charge in [0.15, 0.2) is 5.69 Å². The first kappa shape index (κ1) is 18.6. The molecule has 0 spiro atoms. The van der Waals surface area contributed by atoms with Gasteiger partial charge in [-0.25, -0.2) is 22.6 Å². The monoisotopic (exact) mass is 387 g/mol. The summed E-state index contributed by atoms with van der Waals surface area (Å²) in [6.45, 7) is 0. The predicted molar refractivity (Wildman–Crippen MR) is 99.3 cm³/mol. The number of sulfonamides is 1. The van der Waals surface area contributed by atoms with E-state index in [-0.39, 0.29) is 17.2 Å². The van der Waals surface area contributed by atoms with E-state index in [1.54, 1.807) is 36.4 Å². The van der Waals surface area contributed by atoms with E-state index in [1.165, 1.54) is 29.9 Å². The summed E-state index contributed by atoms with van der Waals surface area (Å²) in [4.78, 5) is 11.3. The van der Waals surface area contributed by atoms with Crippen LogP contribution in [0, 0.1) is 0 Å².